The maximum atomic E-state index is 3.43. The topological polar surface area (TPSA) is 12.0 Å². The lowest BCUT2D eigenvalue weighted by atomic mass is 10.2. The van der Waals surface area contributed by atoms with E-state index in [-0.39, 0.29) is 0 Å². The van der Waals surface area contributed by atoms with Gasteiger partial charge in [-0.15, -0.1) is 0 Å². The third-order valence-electron chi connectivity index (χ3n) is 1.58. The fourth-order valence-electron chi connectivity index (χ4n) is 0.914. The summed E-state index contributed by atoms with van der Waals surface area (Å²) in [5, 5.41) is 3.43. The van der Waals surface area contributed by atoms with Crippen molar-refractivity contribution >= 4 is 11.8 Å². The molecular formula is C9H21NS. The lowest BCUT2D eigenvalue weighted by Crippen LogP contribution is -2.18. The zero-order valence-corrected chi connectivity index (χ0v) is 8.67. The summed E-state index contributed by atoms with van der Waals surface area (Å²) in [5.74, 6) is 2.51. The van der Waals surface area contributed by atoms with E-state index in [0.717, 1.165) is 0 Å². The SMILES string of the molecule is CCCCCNCCSCC. The molecule has 0 saturated heterocycles. The summed E-state index contributed by atoms with van der Waals surface area (Å²) in [6, 6.07) is 0. The number of hydrogen-bond acceptors (Lipinski definition) is 2. The minimum Gasteiger partial charge on any atom is -0.316 e. The molecule has 0 rings (SSSR count). The Morgan fingerprint density at radius 1 is 1.09 bits per heavy atom. The lowest BCUT2D eigenvalue weighted by Gasteiger charge is -2.02. The minimum absolute atomic E-state index is 1.18. The summed E-state index contributed by atoms with van der Waals surface area (Å²) in [6.45, 7) is 6.84. The van der Waals surface area contributed by atoms with Gasteiger partial charge in [-0.05, 0) is 18.7 Å². The van der Waals surface area contributed by atoms with Gasteiger partial charge in [-0.3, -0.25) is 0 Å². The normalized spacial score (nSPS) is 10.4. The summed E-state index contributed by atoms with van der Waals surface area (Å²) < 4.78 is 0. The lowest BCUT2D eigenvalue weighted by molar-refractivity contribution is 0.636. The van der Waals surface area contributed by atoms with Crippen molar-refractivity contribution in [3.63, 3.8) is 0 Å². The molecule has 0 aliphatic heterocycles. The van der Waals surface area contributed by atoms with E-state index in [1.165, 1.54) is 43.9 Å². The molecule has 2 heteroatoms. The van der Waals surface area contributed by atoms with Gasteiger partial charge in [0, 0.05) is 12.3 Å². The van der Waals surface area contributed by atoms with E-state index in [4.69, 9.17) is 0 Å². The molecule has 0 fully saturated rings. The van der Waals surface area contributed by atoms with Gasteiger partial charge < -0.3 is 5.32 Å². The van der Waals surface area contributed by atoms with Crippen LogP contribution in [0.1, 0.15) is 33.1 Å². The molecule has 0 unspecified atom stereocenters. The quantitative estimate of drug-likeness (QED) is 0.569. The van der Waals surface area contributed by atoms with Gasteiger partial charge in [0.05, 0.1) is 0 Å². The summed E-state index contributed by atoms with van der Waals surface area (Å²) in [5.41, 5.74) is 0. The van der Waals surface area contributed by atoms with E-state index in [1.54, 1.807) is 0 Å². The number of unbranched alkanes of at least 4 members (excludes halogenated alkanes) is 2. The molecule has 11 heavy (non-hydrogen) atoms. The van der Waals surface area contributed by atoms with E-state index in [0.29, 0.717) is 0 Å². The highest BCUT2D eigenvalue weighted by Crippen LogP contribution is 1.95. The smallest absolute Gasteiger partial charge is 0.00579 e. The first-order chi connectivity index (χ1) is 5.41. The molecule has 0 aromatic rings. The molecule has 0 spiro atoms. The predicted molar refractivity (Wildman–Crippen MR) is 55.4 cm³/mol. The molecule has 68 valence electrons. The second kappa shape index (κ2) is 10.3. The third kappa shape index (κ3) is 10.3. The van der Waals surface area contributed by atoms with Gasteiger partial charge in [0.2, 0.25) is 0 Å². The van der Waals surface area contributed by atoms with Gasteiger partial charge in [0.15, 0.2) is 0 Å². The summed E-state index contributed by atoms with van der Waals surface area (Å²) in [7, 11) is 0. The van der Waals surface area contributed by atoms with Crippen molar-refractivity contribution in [3.8, 4) is 0 Å². The van der Waals surface area contributed by atoms with E-state index in [2.05, 4.69) is 19.2 Å². The number of rotatable bonds is 8. The first-order valence-electron chi connectivity index (χ1n) is 4.70. The average Bonchev–Trinajstić information content (AvgIpc) is 2.03. The number of nitrogens with one attached hydrogen (secondary N) is 1. The number of thioether (sulfide) groups is 1. The van der Waals surface area contributed by atoms with Gasteiger partial charge >= 0.3 is 0 Å². The van der Waals surface area contributed by atoms with Crippen molar-refractivity contribution in [1.29, 1.82) is 0 Å². The Balaban J connectivity index is 2.69. The monoisotopic (exact) mass is 175 g/mol. The molecule has 0 heterocycles. The van der Waals surface area contributed by atoms with Gasteiger partial charge in [0.25, 0.3) is 0 Å². The molecule has 0 radical (unpaired) electrons. The fourth-order valence-corrected chi connectivity index (χ4v) is 1.49. The molecular weight excluding hydrogens is 154 g/mol. The molecule has 0 bridgehead atoms. The summed E-state index contributed by atoms with van der Waals surface area (Å²) in [6.07, 6.45) is 4.03. The summed E-state index contributed by atoms with van der Waals surface area (Å²) >= 11 is 2.01. The van der Waals surface area contributed by atoms with Crippen LogP contribution in [0.5, 0.6) is 0 Å². The molecule has 0 amide bonds. The van der Waals surface area contributed by atoms with E-state index in [1.807, 2.05) is 11.8 Å². The van der Waals surface area contributed by atoms with Crippen LogP contribution in [0.3, 0.4) is 0 Å². The van der Waals surface area contributed by atoms with E-state index >= 15 is 0 Å². The zero-order chi connectivity index (χ0) is 8.36. The maximum Gasteiger partial charge on any atom is 0.00579 e. The highest BCUT2D eigenvalue weighted by atomic mass is 32.2. The van der Waals surface area contributed by atoms with Gasteiger partial charge in [0.1, 0.15) is 0 Å². The van der Waals surface area contributed by atoms with Crippen LogP contribution in [0.25, 0.3) is 0 Å². The predicted octanol–water partition coefficient (Wildman–Crippen LogP) is 2.52. The summed E-state index contributed by atoms with van der Waals surface area (Å²) in [4.78, 5) is 0. The van der Waals surface area contributed by atoms with Crippen LogP contribution in [0, 0.1) is 0 Å². The first kappa shape index (κ1) is 11.3. The van der Waals surface area contributed by atoms with Crippen LogP contribution in [-0.2, 0) is 0 Å². The van der Waals surface area contributed by atoms with Gasteiger partial charge in [-0.2, -0.15) is 11.8 Å². The Labute approximate surface area is 75.3 Å². The molecule has 0 aliphatic carbocycles. The van der Waals surface area contributed by atoms with Crippen LogP contribution < -0.4 is 5.32 Å². The van der Waals surface area contributed by atoms with Crippen LogP contribution in [0.4, 0.5) is 0 Å². The highest BCUT2D eigenvalue weighted by molar-refractivity contribution is 7.99. The average molecular weight is 175 g/mol. The highest BCUT2D eigenvalue weighted by Gasteiger charge is 1.87. The van der Waals surface area contributed by atoms with Crippen molar-refractivity contribution in [1.82, 2.24) is 5.32 Å². The van der Waals surface area contributed by atoms with Crippen molar-refractivity contribution in [2.24, 2.45) is 0 Å². The number of hydrogen-bond donors (Lipinski definition) is 1. The largest absolute Gasteiger partial charge is 0.316 e. The van der Waals surface area contributed by atoms with Crippen molar-refractivity contribution in [2.75, 3.05) is 24.6 Å². The molecule has 1 N–H and O–H groups in total. The fraction of sp³-hybridized carbons (Fsp3) is 1.00. The van der Waals surface area contributed by atoms with E-state index < -0.39 is 0 Å². The molecule has 0 aromatic carbocycles. The second-order valence-electron chi connectivity index (χ2n) is 2.65. The maximum absolute atomic E-state index is 3.43. The zero-order valence-electron chi connectivity index (χ0n) is 7.86. The molecule has 0 saturated carbocycles. The molecule has 0 aliphatic rings. The standard InChI is InChI=1S/C9H21NS/c1-3-5-6-7-10-8-9-11-4-2/h10H,3-9H2,1-2H3. The van der Waals surface area contributed by atoms with Crippen LogP contribution in [-0.4, -0.2) is 24.6 Å². The minimum atomic E-state index is 1.18. The Hall–Kier alpha value is 0.310. The van der Waals surface area contributed by atoms with E-state index in [9.17, 15) is 0 Å². The van der Waals surface area contributed by atoms with Crippen LogP contribution in [0.15, 0.2) is 0 Å². The van der Waals surface area contributed by atoms with Crippen LogP contribution in [0.2, 0.25) is 0 Å². The van der Waals surface area contributed by atoms with Gasteiger partial charge in [-0.25, -0.2) is 0 Å². The Morgan fingerprint density at radius 3 is 2.55 bits per heavy atom. The van der Waals surface area contributed by atoms with Crippen LogP contribution >= 0.6 is 11.8 Å². The Bertz CT molecular complexity index is 58.6. The second-order valence-corrected chi connectivity index (χ2v) is 4.05. The third-order valence-corrected chi connectivity index (χ3v) is 2.49. The van der Waals surface area contributed by atoms with Gasteiger partial charge in [-0.1, -0.05) is 26.7 Å². The Morgan fingerprint density at radius 2 is 1.91 bits per heavy atom. The Kier molecular flexibility index (Phi) is 10.6. The van der Waals surface area contributed by atoms with Crippen molar-refractivity contribution < 1.29 is 0 Å². The molecule has 0 aromatic heterocycles. The molecule has 1 nitrogen and oxygen atoms in total. The first-order valence-corrected chi connectivity index (χ1v) is 5.85. The molecule has 0 atom stereocenters. The van der Waals surface area contributed by atoms with Crippen molar-refractivity contribution in [3.05, 3.63) is 0 Å². The van der Waals surface area contributed by atoms with Crippen molar-refractivity contribution in [2.45, 2.75) is 33.1 Å².